The van der Waals surface area contributed by atoms with Gasteiger partial charge < -0.3 is 20.0 Å². The summed E-state index contributed by atoms with van der Waals surface area (Å²) in [6.45, 7) is 22.8. The average molecular weight is 512 g/mol. The van der Waals surface area contributed by atoms with Gasteiger partial charge in [0.2, 0.25) is 0 Å². The SMILES string of the molecule is CCNC(=NCC(C)CN1CCN(CC)CC1)N1CCSC(C(C)C)C1.I. The van der Waals surface area contributed by atoms with Crippen LogP contribution in [0, 0.1) is 11.8 Å². The zero-order chi connectivity index (χ0) is 18.9. The van der Waals surface area contributed by atoms with E-state index in [1.807, 2.05) is 0 Å². The minimum Gasteiger partial charge on any atom is -0.357 e. The van der Waals surface area contributed by atoms with Crippen molar-refractivity contribution in [2.45, 2.75) is 39.9 Å². The molecule has 7 heteroatoms. The molecule has 160 valence electrons. The Morgan fingerprint density at radius 3 is 2.33 bits per heavy atom. The number of hydrogen-bond acceptors (Lipinski definition) is 4. The van der Waals surface area contributed by atoms with Gasteiger partial charge in [-0.3, -0.25) is 4.99 Å². The summed E-state index contributed by atoms with van der Waals surface area (Å²) in [5.74, 6) is 3.68. The third kappa shape index (κ3) is 8.66. The van der Waals surface area contributed by atoms with E-state index in [-0.39, 0.29) is 24.0 Å². The molecule has 0 aromatic heterocycles. The number of guanidine groups is 1. The van der Waals surface area contributed by atoms with Crippen molar-refractivity contribution >= 4 is 41.7 Å². The third-order valence-electron chi connectivity index (χ3n) is 5.51. The number of halogens is 1. The summed E-state index contributed by atoms with van der Waals surface area (Å²) in [6, 6.07) is 0. The van der Waals surface area contributed by atoms with Crippen molar-refractivity contribution in [3.05, 3.63) is 0 Å². The van der Waals surface area contributed by atoms with Gasteiger partial charge in [0, 0.05) is 69.9 Å². The van der Waals surface area contributed by atoms with Crippen LogP contribution in [-0.2, 0) is 0 Å². The molecule has 2 aliphatic heterocycles. The molecular formula is C20H42IN5S. The lowest BCUT2D eigenvalue weighted by Crippen LogP contribution is -2.49. The van der Waals surface area contributed by atoms with Crippen molar-refractivity contribution in [2.75, 3.05) is 71.2 Å². The van der Waals surface area contributed by atoms with Gasteiger partial charge in [-0.05, 0) is 25.3 Å². The molecule has 5 nitrogen and oxygen atoms in total. The smallest absolute Gasteiger partial charge is 0.193 e. The second-order valence-electron chi connectivity index (χ2n) is 8.13. The first kappa shape index (κ1) is 25.3. The van der Waals surface area contributed by atoms with Crippen LogP contribution in [0.4, 0.5) is 0 Å². The van der Waals surface area contributed by atoms with E-state index in [4.69, 9.17) is 4.99 Å². The molecular weight excluding hydrogens is 469 g/mol. The van der Waals surface area contributed by atoms with Crippen molar-refractivity contribution in [1.82, 2.24) is 20.0 Å². The highest BCUT2D eigenvalue weighted by Gasteiger charge is 2.25. The standard InChI is InChI=1S/C20H41N5S.HI/c1-6-21-20(25-12-13-26-19(16-25)17(3)4)22-14-18(5)15-24-10-8-23(7-2)9-11-24;/h17-19H,6-16H2,1-5H3,(H,21,22);1H. The molecule has 27 heavy (non-hydrogen) atoms. The molecule has 0 saturated carbocycles. The Bertz CT molecular complexity index is 427. The van der Waals surface area contributed by atoms with Gasteiger partial charge in [-0.2, -0.15) is 11.8 Å². The summed E-state index contributed by atoms with van der Waals surface area (Å²) in [5, 5.41) is 4.25. The van der Waals surface area contributed by atoms with Crippen LogP contribution in [0.3, 0.4) is 0 Å². The monoisotopic (exact) mass is 511 g/mol. The normalized spacial score (nSPS) is 24.0. The fraction of sp³-hybridized carbons (Fsp3) is 0.950. The molecule has 2 heterocycles. The Labute approximate surface area is 189 Å². The number of rotatable bonds is 7. The van der Waals surface area contributed by atoms with E-state index in [0.717, 1.165) is 43.3 Å². The fourth-order valence-corrected chi connectivity index (χ4v) is 5.02. The topological polar surface area (TPSA) is 34.1 Å². The lowest BCUT2D eigenvalue weighted by atomic mass is 10.1. The number of piperazine rings is 1. The molecule has 2 atom stereocenters. The van der Waals surface area contributed by atoms with Crippen molar-refractivity contribution in [1.29, 1.82) is 0 Å². The molecule has 0 aromatic rings. The summed E-state index contributed by atoms with van der Waals surface area (Å²) in [5.41, 5.74) is 0. The maximum atomic E-state index is 5.01. The first-order valence-corrected chi connectivity index (χ1v) is 11.7. The number of thioether (sulfide) groups is 1. The van der Waals surface area contributed by atoms with Gasteiger partial charge >= 0.3 is 0 Å². The quantitative estimate of drug-likeness (QED) is 0.323. The zero-order valence-electron chi connectivity index (χ0n) is 18.1. The van der Waals surface area contributed by atoms with Crippen LogP contribution in [0.1, 0.15) is 34.6 Å². The fourth-order valence-electron chi connectivity index (χ4n) is 3.73. The van der Waals surface area contributed by atoms with Crippen LogP contribution in [0.5, 0.6) is 0 Å². The highest BCUT2D eigenvalue weighted by Crippen LogP contribution is 2.24. The molecule has 2 saturated heterocycles. The number of hydrogen-bond donors (Lipinski definition) is 1. The van der Waals surface area contributed by atoms with Gasteiger partial charge in [-0.15, -0.1) is 24.0 Å². The number of nitrogens with one attached hydrogen (secondary N) is 1. The van der Waals surface area contributed by atoms with E-state index in [2.05, 4.69) is 66.4 Å². The lowest BCUT2D eigenvalue weighted by Gasteiger charge is -2.37. The largest absolute Gasteiger partial charge is 0.357 e. The minimum atomic E-state index is 0. The van der Waals surface area contributed by atoms with Crippen molar-refractivity contribution in [3.63, 3.8) is 0 Å². The second kappa shape index (κ2) is 13.5. The van der Waals surface area contributed by atoms with Crippen LogP contribution in [0.15, 0.2) is 4.99 Å². The molecule has 0 aromatic carbocycles. The van der Waals surface area contributed by atoms with Crippen molar-refractivity contribution in [2.24, 2.45) is 16.8 Å². The molecule has 0 amide bonds. The van der Waals surface area contributed by atoms with E-state index in [0.29, 0.717) is 5.92 Å². The van der Waals surface area contributed by atoms with Crippen LogP contribution in [0.2, 0.25) is 0 Å². The summed E-state index contributed by atoms with van der Waals surface area (Å²) in [7, 11) is 0. The molecule has 2 fully saturated rings. The lowest BCUT2D eigenvalue weighted by molar-refractivity contribution is 0.125. The van der Waals surface area contributed by atoms with Crippen LogP contribution in [0.25, 0.3) is 0 Å². The van der Waals surface area contributed by atoms with Gasteiger partial charge in [-0.1, -0.05) is 27.7 Å². The zero-order valence-corrected chi connectivity index (χ0v) is 21.3. The first-order valence-electron chi connectivity index (χ1n) is 10.6. The molecule has 1 N–H and O–H groups in total. The molecule has 0 radical (unpaired) electrons. The van der Waals surface area contributed by atoms with Gasteiger partial charge in [0.25, 0.3) is 0 Å². The third-order valence-corrected chi connectivity index (χ3v) is 7.05. The predicted molar refractivity (Wildman–Crippen MR) is 132 cm³/mol. The van der Waals surface area contributed by atoms with E-state index >= 15 is 0 Å². The molecule has 2 aliphatic rings. The maximum Gasteiger partial charge on any atom is 0.193 e. The van der Waals surface area contributed by atoms with E-state index in [9.17, 15) is 0 Å². The number of aliphatic imine (C=N–C) groups is 1. The molecule has 2 unspecified atom stereocenters. The molecule has 0 bridgehead atoms. The number of nitrogens with zero attached hydrogens (tertiary/aromatic N) is 4. The Kier molecular flexibility index (Phi) is 12.6. The highest BCUT2D eigenvalue weighted by molar-refractivity contribution is 14.0. The van der Waals surface area contributed by atoms with Crippen LogP contribution >= 0.6 is 35.7 Å². The van der Waals surface area contributed by atoms with Crippen molar-refractivity contribution in [3.8, 4) is 0 Å². The predicted octanol–water partition coefficient (Wildman–Crippen LogP) is 2.92. The Morgan fingerprint density at radius 2 is 1.74 bits per heavy atom. The highest BCUT2D eigenvalue weighted by atomic mass is 127. The van der Waals surface area contributed by atoms with E-state index in [1.165, 1.54) is 45.0 Å². The molecule has 0 aliphatic carbocycles. The summed E-state index contributed by atoms with van der Waals surface area (Å²) < 4.78 is 0. The van der Waals surface area contributed by atoms with Gasteiger partial charge in [-0.25, -0.2) is 0 Å². The minimum absolute atomic E-state index is 0. The first-order chi connectivity index (χ1) is 12.5. The van der Waals surface area contributed by atoms with Gasteiger partial charge in [0.05, 0.1) is 0 Å². The van der Waals surface area contributed by atoms with Crippen LogP contribution < -0.4 is 5.32 Å². The Balaban J connectivity index is 0.00000364. The Hall–Kier alpha value is 0.270. The van der Waals surface area contributed by atoms with Gasteiger partial charge in [0.15, 0.2) is 5.96 Å². The van der Waals surface area contributed by atoms with E-state index in [1.54, 1.807) is 0 Å². The summed E-state index contributed by atoms with van der Waals surface area (Å²) in [4.78, 5) is 12.7. The van der Waals surface area contributed by atoms with Crippen LogP contribution in [-0.4, -0.2) is 97.1 Å². The molecule has 2 rings (SSSR count). The van der Waals surface area contributed by atoms with Crippen molar-refractivity contribution < 1.29 is 0 Å². The number of likely N-dealkylation sites (N-methyl/N-ethyl adjacent to an activating group) is 1. The average Bonchev–Trinajstić information content (AvgIpc) is 2.65. The van der Waals surface area contributed by atoms with E-state index < -0.39 is 0 Å². The van der Waals surface area contributed by atoms with Gasteiger partial charge in [0.1, 0.15) is 0 Å². The maximum absolute atomic E-state index is 5.01. The molecule has 0 spiro atoms. The summed E-state index contributed by atoms with van der Waals surface area (Å²) in [6.07, 6.45) is 0. The second-order valence-corrected chi connectivity index (χ2v) is 9.48. The Morgan fingerprint density at radius 1 is 1.07 bits per heavy atom. The summed E-state index contributed by atoms with van der Waals surface area (Å²) >= 11 is 2.13.